The van der Waals surface area contributed by atoms with Crippen molar-refractivity contribution in [3.8, 4) is 0 Å². The molecule has 0 saturated heterocycles. The third kappa shape index (κ3) is 7.10. The van der Waals surface area contributed by atoms with Crippen molar-refractivity contribution in [2.45, 2.75) is 38.4 Å². The highest BCUT2D eigenvalue weighted by atomic mass is 19.4. The molecule has 0 spiro atoms. The van der Waals surface area contributed by atoms with Crippen LogP contribution in [0.2, 0.25) is 0 Å². The minimum Gasteiger partial charge on any atom is -0.313 e. The van der Waals surface area contributed by atoms with Crippen LogP contribution in [0.1, 0.15) is 36.8 Å². The van der Waals surface area contributed by atoms with Gasteiger partial charge < -0.3 is 5.32 Å². The molecule has 0 aliphatic carbocycles. The molecule has 0 bridgehead atoms. The average molecular weight is 281 g/mol. The highest BCUT2D eigenvalue weighted by molar-refractivity contribution is 5.24. The summed E-state index contributed by atoms with van der Waals surface area (Å²) in [5.74, 6) is 0. The predicted octanol–water partition coefficient (Wildman–Crippen LogP) is 4.45. The van der Waals surface area contributed by atoms with Gasteiger partial charge >= 0.3 is 6.18 Å². The molecule has 6 heteroatoms. The molecule has 0 aliphatic heterocycles. The number of hydrogen-bond donors (Lipinski definition) is 1. The van der Waals surface area contributed by atoms with E-state index in [0.717, 1.165) is 0 Å². The summed E-state index contributed by atoms with van der Waals surface area (Å²) in [5.41, 5.74) is 0.657. The molecule has 1 nitrogen and oxygen atoms in total. The Labute approximate surface area is 108 Å². The molecule has 19 heavy (non-hydrogen) atoms. The fourth-order valence-corrected chi connectivity index (χ4v) is 1.65. The summed E-state index contributed by atoms with van der Waals surface area (Å²) in [6.07, 6.45) is -6.91. The summed E-state index contributed by atoms with van der Waals surface area (Å²) >= 11 is 0. The van der Waals surface area contributed by atoms with Crippen molar-refractivity contribution in [3.63, 3.8) is 0 Å². The Balaban J connectivity index is 2.21. The van der Waals surface area contributed by atoms with Gasteiger partial charge in [0.15, 0.2) is 0 Å². The maximum Gasteiger partial charge on any atom is 0.389 e. The van der Waals surface area contributed by atoms with E-state index in [9.17, 15) is 22.0 Å². The van der Waals surface area contributed by atoms with E-state index < -0.39 is 19.0 Å². The number of rotatable bonds is 7. The van der Waals surface area contributed by atoms with Crippen molar-refractivity contribution < 1.29 is 22.0 Å². The SMILES string of the molecule is FC(F)c1cccc(CNCCCCC(F)(F)F)c1. The Morgan fingerprint density at radius 1 is 1.11 bits per heavy atom. The molecule has 1 rings (SSSR count). The van der Waals surface area contributed by atoms with Crippen molar-refractivity contribution in [1.29, 1.82) is 0 Å². The Kier molecular flexibility index (Phi) is 6.21. The van der Waals surface area contributed by atoms with Gasteiger partial charge in [0.1, 0.15) is 0 Å². The number of unbranched alkanes of at least 4 members (excludes halogenated alkanes) is 1. The first-order valence-electron chi connectivity index (χ1n) is 6.03. The van der Waals surface area contributed by atoms with Crippen LogP contribution in [0.3, 0.4) is 0 Å². The van der Waals surface area contributed by atoms with Crippen LogP contribution in [-0.4, -0.2) is 12.7 Å². The van der Waals surface area contributed by atoms with Crippen LogP contribution in [0.4, 0.5) is 22.0 Å². The summed E-state index contributed by atoms with van der Waals surface area (Å²) in [5, 5.41) is 2.94. The molecular formula is C13H16F5N. The lowest BCUT2D eigenvalue weighted by Gasteiger charge is -2.08. The van der Waals surface area contributed by atoms with Gasteiger partial charge in [-0.3, -0.25) is 0 Å². The van der Waals surface area contributed by atoms with Crippen molar-refractivity contribution >= 4 is 0 Å². The molecule has 0 fully saturated rings. The van der Waals surface area contributed by atoms with Gasteiger partial charge in [-0.05, 0) is 31.0 Å². The van der Waals surface area contributed by atoms with Gasteiger partial charge in [-0.25, -0.2) is 8.78 Å². The number of benzene rings is 1. The number of alkyl halides is 5. The Bertz CT molecular complexity index is 376. The van der Waals surface area contributed by atoms with Gasteiger partial charge in [-0.1, -0.05) is 18.2 Å². The Morgan fingerprint density at radius 3 is 2.47 bits per heavy atom. The van der Waals surface area contributed by atoms with E-state index in [0.29, 0.717) is 25.1 Å². The van der Waals surface area contributed by atoms with E-state index >= 15 is 0 Å². The molecule has 1 N–H and O–H groups in total. The first-order chi connectivity index (χ1) is 8.88. The second kappa shape index (κ2) is 7.43. The van der Waals surface area contributed by atoms with Crippen LogP contribution in [0.15, 0.2) is 24.3 Å². The predicted molar refractivity (Wildman–Crippen MR) is 63.0 cm³/mol. The third-order valence-corrected chi connectivity index (χ3v) is 2.60. The maximum absolute atomic E-state index is 12.4. The van der Waals surface area contributed by atoms with Crippen molar-refractivity contribution in [1.82, 2.24) is 5.32 Å². The molecule has 1 aromatic rings. The maximum atomic E-state index is 12.4. The van der Waals surface area contributed by atoms with Crippen molar-refractivity contribution in [2.75, 3.05) is 6.54 Å². The second-order valence-corrected chi connectivity index (χ2v) is 4.29. The van der Waals surface area contributed by atoms with E-state index in [-0.39, 0.29) is 12.0 Å². The lowest BCUT2D eigenvalue weighted by atomic mass is 10.1. The van der Waals surface area contributed by atoms with Crippen LogP contribution < -0.4 is 5.32 Å². The summed E-state index contributed by atoms with van der Waals surface area (Å²) < 4.78 is 60.4. The topological polar surface area (TPSA) is 12.0 Å². The summed E-state index contributed by atoms with van der Waals surface area (Å²) in [6, 6.07) is 5.99. The molecule has 0 aromatic heterocycles. The van der Waals surface area contributed by atoms with Crippen LogP contribution in [0.5, 0.6) is 0 Å². The van der Waals surface area contributed by atoms with E-state index in [1.807, 2.05) is 0 Å². The number of nitrogens with one attached hydrogen (secondary N) is 1. The molecular weight excluding hydrogens is 265 g/mol. The minimum absolute atomic E-state index is 0.0450. The molecule has 1 aromatic carbocycles. The first-order valence-corrected chi connectivity index (χ1v) is 6.03. The third-order valence-electron chi connectivity index (χ3n) is 2.60. The van der Waals surface area contributed by atoms with Crippen LogP contribution in [0.25, 0.3) is 0 Å². The van der Waals surface area contributed by atoms with E-state index in [1.165, 1.54) is 12.1 Å². The lowest BCUT2D eigenvalue weighted by Crippen LogP contribution is -2.16. The van der Waals surface area contributed by atoms with Crippen LogP contribution >= 0.6 is 0 Å². The normalized spacial score (nSPS) is 12.1. The number of hydrogen-bond acceptors (Lipinski definition) is 1. The molecule has 0 heterocycles. The molecule has 0 aliphatic rings. The first kappa shape index (κ1) is 15.9. The second-order valence-electron chi connectivity index (χ2n) is 4.29. The fraction of sp³-hybridized carbons (Fsp3) is 0.538. The van der Waals surface area contributed by atoms with E-state index in [2.05, 4.69) is 5.32 Å². The average Bonchev–Trinajstić information content (AvgIpc) is 2.32. The van der Waals surface area contributed by atoms with Crippen molar-refractivity contribution in [2.24, 2.45) is 0 Å². The highest BCUT2D eigenvalue weighted by Crippen LogP contribution is 2.22. The molecule has 0 saturated carbocycles. The van der Waals surface area contributed by atoms with E-state index in [1.54, 1.807) is 12.1 Å². The molecule has 0 radical (unpaired) electrons. The summed E-state index contributed by atoms with van der Waals surface area (Å²) in [4.78, 5) is 0. The van der Waals surface area contributed by atoms with Crippen molar-refractivity contribution in [3.05, 3.63) is 35.4 Å². The Morgan fingerprint density at radius 2 is 1.84 bits per heavy atom. The standard InChI is InChI=1S/C13H16F5N/c14-12(15)11-5-3-4-10(8-11)9-19-7-2-1-6-13(16,17)18/h3-5,8,12,19H,1-2,6-7,9H2. The molecule has 108 valence electrons. The summed E-state index contributed by atoms with van der Waals surface area (Å²) in [6.45, 7) is 0.821. The van der Waals surface area contributed by atoms with E-state index in [4.69, 9.17) is 0 Å². The minimum atomic E-state index is -4.11. The van der Waals surface area contributed by atoms with Crippen LogP contribution in [0, 0.1) is 0 Å². The molecule has 0 atom stereocenters. The van der Waals surface area contributed by atoms with Gasteiger partial charge in [0.25, 0.3) is 6.43 Å². The van der Waals surface area contributed by atoms with Gasteiger partial charge in [-0.15, -0.1) is 0 Å². The van der Waals surface area contributed by atoms with Gasteiger partial charge in [0.05, 0.1) is 0 Å². The molecule has 0 unspecified atom stereocenters. The lowest BCUT2D eigenvalue weighted by molar-refractivity contribution is -0.135. The zero-order valence-corrected chi connectivity index (χ0v) is 10.3. The van der Waals surface area contributed by atoms with Gasteiger partial charge in [-0.2, -0.15) is 13.2 Å². The van der Waals surface area contributed by atoms with Crippen LogP contribution in [-0.2, 0) is 6.54 Å². The van der Waals surface area contributed by atoms with Gasteiger partial charge in [0, 0.05) is 18.5 Å². The zero-order chi connectivity index (χ0) is 14.3. The number of halogens is 5. The largest absolute Gasteiger partial charge is 0.389 e. The quantitative estimate of drug-likeness (QED) is 0.575. The molecule has 0 amide bonds. The zero-order valence-electron chi connectivity index (χ0n) is 10.3. The smallest absolute Gasteiger partial charge is 0.313 e. The monoisotopic (exact) mass is 281 g/mol. The highest BCUT2D eigenvalue weighted by Gasteiger charge is 2.25. The summed E-state index contributed by atoms with van der Waals surface area (Å²) in [7, 11) is 0. The fourth-order valence-electron chi connectivity index (χ4n) is 1.65. The Hall–Kier alpha value is -1.17. The van der Waals surface area contributed by atoms with Gasteiger partial charge in [0.2, 0.25) is 0 Å².